The Morgan fingerprint density at radius 2 is 2.00 bits per heavy atom. The molecule has 1 fully saturated rings. The fraction of sp³-hybridized carbons (Fsp3) is 0.312. The Balaban J connectivity index is 1.54. The molecule has 0 spiro atoms. The molecule has 6 nitrogen and oxygen atoms in total. The van der Waals surface area contributed by atoms with Gasteiger partial charge in [0.2, 0.25) is 5.91 Å². The number of amides is 1. The average Bonchev–Trinajstić information content (AvgIpc) is 2.63. The van der Waals surface area contributed by atoms with Gasteiger partial charge in [0.05, 0.1) is 19.0 Å². The number of nitrogens with one attached hydrogen (secondary N) is 1. The molecule has 24 heavy (non-hydrogen) atoms. The zero-order valence-corrected chi connectivity index (χ0v) is 14.5. The van der Waals surface area contributed by atoms with E-state index in [1.54, 1.807) is 24.3 Å². The van der Waals surface area contributed by atoms with Gasteiger partial charge in [-0.2, -0.15) is 0 Å². The summed E-state index contributed by atoms with van der Waals surface area (Å²) >= 11 is 7.21. The van der Waals surface area contributed by atoms with Gasteiger partial charge < -0.3 is 15.0 Å². The number of hydrogen-bond donors (Lipinski definition) is 1. The Hall–Kier alpha value is -1.83. The van der Waals surface area contributed by atoms with Crippen LogP contribution < -0.4 is 10.2 Å². The molecule has 1 saturated heterocycles. The molecule has 1 aromatic heterocycles. The normalized spacial score (nSPS) is 14.5. The van der Waals surface area contributed by atoms with Crippen molar-refractivity contribution in [3.8, 4) is 0 Å². The van der Waals surface area contributed by atoms with Gasteiger partial charge in [0.1, 0.15) is 17.2 Å². The van der Waals surface area contributed by atoms with Gasteiger partial charge in [-0.3, -0.25) is 4.79 Å². The van der Waals surface area contributed by atoms with Crippen LogP contribution in [0.15, 0.2) is 41.7 Å². The van der Waals surface area contributed by atoms with Crippen LogP contribution in [0.5, 0.6) is 0 Å². The molecule has 0 radical (unpaired) electrons. The summed E-state index contributed by atoms with van der Waals surface area (Å²) in [6.07, 6.45) is 1.53. The molecule has 0 saturated carbocycles. The molecule has 0 bridgehead atoms. The van der Waals surface area contributed by atoms with Crippen molar-refractivity contribution in [1.82, 2.24) is 9.97 Å². The zero-order chi connectivity index (χ0) is 16.8. The van der Waals surface area contributed by atoms with E-state index in [1.807, 2.05) is 6.07 Å². The lowest BCUT2D eigenvalue weighted by molar-refractivity contribution is -0.113. The monoisotopic (exact) mass is 364 g/mol. The van der Waals surface area contributed by atoms with Crippen LogP contribution in [0.3, 0.4) is 0 Å². The van der Waals surface area contributed by atoms with Gasteiger partial charge in [-0.05, 0) is 24.3 Å². The van der Waals surface area contributed by atoms with Crippen molar-refractivity contribution in [1.29, 1.82) is 0 Å². The van der Waals surface area contributed by atoms with E-state index in [4.69, 9.17) is 16.3 Å². The molecular weight excluding hydrogens is 348 g/mol. The molecule has 1 aliphatic rings. The minimum Gasteiger partial charge on any atom is -0.378 e. The highest BCUT2D eigenvalue weighted by Crippen LogP contribution is 2.21. The van der Waals surface area contributed by atoms with Gasteiger partial charge >= 0.3 is 0 Å². The number of hydrogen-bond acceptors (Lipinski definition) is 6. The Bertz CT molecular complexity index is 693. The lowest BCUT2D eigenvalue weighted by Gasteiger charge is -2.27. The van der Waals surface area contributed by atoms with Crippen molar-refractivity contribution in [2.24, 2.45) is 0 Å². The summed E-state index contributed by atoms with van der Waals surface area (Å²) in [5, 5.41) is 4.24. The SMILES string of the molecule is O=C(CSc1cc(N2CCOCC2)ncn1)Nc1ccc(Cl)cc1. The summed E-state index contributed by atoms with van der Waals surface area (Å²) in [6.45, 7) is 3.04. The number of carbonyl (C=O) groups excluding carboxylic acids is 1. The molecule has 1 amide bonds. The topological polar surface area (TPSA) is 67.4 Å². The number of thioether (sulfide) groups is 1. The molecule has 0 unspecified atom stereocenters. The van der Waals surface area contributed by atoms with Gasteiger partial charge in [-0.15, -0.1) is 0 Å². The third-order valence-corrected chi connectivity index (χ3v) is 4.62. The first kappa shape index (κ1) is 17.0. The first-order valence-corrected chi connectivity index (χ1v) is 8.90. The van der Waals surface area contributed by atoms with E-state index >= 15 is 0 Å². The maximum Gasteiger partial charge on any atom is 0.234 e. The van der Waals surface area contributed by atoms with Crippen molar-refractivity contribution >= 4 is 40.8 Å². The van der Waals surface area contributed by atoms with Crippen LogP contribution in [0.1, 0.15) is 0 Å². The minimum absolute atomic E-state index is 0.0890. The molecule has 3 rings (SSSR count). The number of nitrogens with zero attached hydrogens (tertiary/aromatic N) is 3. The second-order valence-corrected chi connectivity index (χ2v) is 6.59. The molecule has 1 aromatic carbocycles. The third kappa shape index (κ3) is 4.83. The van der Waals surface area contributed by atoms with Crippen molar-refractivity contribution in [3.05, 3.63) is 41.7 Å². The molecule has 0 atom stereocenters. The van der Waals surface area contributed by atoms with E-state index in [-0.39, 0.29) is 11.7 Å². The molecule has 126 valence electrons. The van der Waals surface area contributed by atoms with Crippen LogP contribution in [0.4, 0.5) is 11.5 Å². The number of anilines is 2. The Morgan fingerprint density at radius 3 is 2.75 bits per heavy atom. The van der Waals surface area contributed by atoms with Gasteiger partial charge in [0.25, 0.3) is 0 Å². The van der Waals surface area contributed by atoms with Gasteiger partial charge in [0.15, 0.2) is 0 Å². The van der Waals surface area contributed by atoms with Gasteiger partial charge in [0, 0.05) is 29.9 Å². The van der Waals surface area contributed by atoms with Crippen molar-refractivity contribution in [2.75, 3.05) is 42.3 Å². The first-order valence-electron chi connectivity index (χ1n) is 7.54. The second-order valence-electron chi connectivity index (χ2n) is 5.16. The molecule has 8 heteroatoms. The minimum atomic E-state index is -0.0890. The van der Waals surface area contributed by atoms with E-state index in [0.717, 1.165) is 29.6 Å². The van der Waals surface area contributed by atoms with E-state index in [1.165, 1.54) is 18.1 Å². The molecule has 1 aliphatic heterocycles. The molecule has 1 N–H and O–H groups in total. The zero-order valence-electron chi connectivity index (χ0n) is 12.9. The van der Waals surface area contributed by atoms with Crippen molar-refractivity contribution in [2.45, 2.75) is 5.03 Å². The molecular formula is C16H17ClN4O2S. The molecule has 2 heterocycles. The van der Waals surface area contributed by atoms with Crippen LogP contribution >= 0.6 is 23.4 Å². The highest BCUT2D eigenvalue weighted by Gasteiger charge is 2.13. The fourth-order valence-electron chi connectivity index (χ4n) is 2.24. The number of benzene rings is 1. The Morgan fingerprint density at radius 1 is 1.25 bits per heavy atom. The maximum atomic E-state index is 12.0. The highest BCUT2D eigenvalue weighted by atomic mass is 35.5. The number of ether oxygens (including phenoxy) is 1. The summed E-state index contributed by atoms with van der Waals surface area (Å²) in [7, 11) is 0. The number of carbonyl (C=O) groups is 1. The van der Waals surface area contributed by atoms with E-state index < -0.39 is 0 Å². The summed E-state index contributed by atoms with van der Waals surface area (Å²) in [4.78, 5) is 22.7. The largest absolute Gasteiger partial charge is 0.378 e. The smallest absolute Gasteiger partial charge is 0.234 e. The van der Waals surface area contributed by atoms with Crippen LogP contribution in [0.2, 0.25) is 5.02 Å². The Labute approximate surface area is 149 Å². The predicted molar refractivity (Wildman–Crippen MR) is 95.9 cm³/mol. The second kappa shape index (κ2) is 8.32. The lowest BCUT2D eigenvalue weighted by Crippen LogP contribution is -2.36. The molecule has 0 aliphatic carbocycles. The maximum absolute atomic E-state index is 12.0. The number of aromatic nitrogens is 2. The highest BCUT2D eigenvalue weighted by molar-refractivity contribution is 7.99. The first-order chi connectivity index (χ1) is 11.7. The molecule has 2 aromatic rings. The van der Waals surface area contributed by atoms with Crippen LogP contribution in [0, 0.1) is 0 Å². The summed E-state index contributed by atoms with van der Waals surface area (Å²) < 4.78 is 5.34. The summed E-state index contributed by atoms with van der Waals surface area (Å²) in [5.41, 5.74) is 0.724. The van der Waals surface area contributed by atoms with Gasteiger partial charge in [-0.25, -0.2) is 9.97 Å². The standard InChI is InChI=1S/C16H17ClN4O2S/c17-12-1-3-13(4-2-12)20-15(22)10-24-16-9-14(18-11-19-16)21-5-7-23-8-6-21/h1-4,9,11H,5-8,10H2,(H,20,22). The lowest BCUT2D eigenvalue weighted by atomic mass is 10.3. The van der Waals surface area contributed by atoms with Crippen LogP contribution in [-0.4, -0.2) is 47.9 Å². The summed E-state index contributed by atoms with van der Waals surface area (Å²) in [6, 6.07) is 8.93. The van der Waals surface area contributed by atoms with Crippen LogP contribution in [0.25, 0.3) is 0 Å². The number of rotatable bonds is 5. The summed E-state index contributed by atoms with van der Waals surface area (Å²) in [5.74, 6) is 1.06. The quantitative estimate of drug-likeness (QED) is 0.650. The Kier molecular flexibility index (Phi) is 5.90. The number of halogens is 1. The number of morpholine rings is 1. The fourth-order valence-corrected chi connectivity index (χ4v) is 3.03. The van der Waals surface area contributed by atoms with E-state index in [2.05, 4.69) is 20.2 Å². The third-order valence-electron chi connectivity index (χ3n) is 3.44. The average molecular weight is 365 g/mol. The van der Waals surface area contributed by atoms with Gasteiger partial charge in [-0.1, -0.05) is 23.4 Å². The van der Waals surface area contributed by atoms with Crippen molar-refractivity contribution < 1.29 is 9.53 Å². The van der Waals surface area contributed by atoms with Crippen LogP contribution in [-0.2, 0) is 9.53 Å². The van der Waals surface area contributed by atoms with Crippen molar-refractivity contribution in [3.63, 3.8) is 0 Å². The van der Waals surface area contributed by atoms with E-state index in [9.17, 15) is 4.79 Å². The van der Waals surface area contributed by atoms with E-state index in [0.29, 0.717) is 18.2 Å². The predicted octanol–water partition coefficient (Wildman–Crippen LogP) is 2.70.